The molecule has 0 unspecified atom stereocenters. The molecule has 2 aliphatic heterocycles. The zero-order valence-corrected chi connectivity index (χ0v) is 20.5. The molecule has 1 spiro atoms. The Balaban J connectivity index is 1.32. The Labute approximate surface area is 209 Å². The third kappa shape index (κ3) is 3.71. The number of amides is 1. The molecule has 3 aromatic rings. The maximum Gasteiger partial charge on any atom is 0.289 e. The van der Waals surface area contributed by atoms with E-state index in [0.29, 0.717) is 42.3 Å². The second-order valence-electron chi connectivity index (χ2n) is 10.2. The highest BCUT2D eigenvalue weighted by atomic mass is 35.5. The summed E-state index contributed by atoms with van der Waals surface area (Å²) in [6.45, 7) is 5.05. The number of aliphatic hydroxyl groups is 1. The lowest BCUT2D eigenvalue weighted by Gasteiger charge is -2.44. The molecule has 2 aromatic carbocycles. The van der Waals surface area contributed by atoms with E-state index in [-0.39, 0.29) is 11.4 Å². The first-order chi connectivity index (χ1) is 16.9. The maximum atomic E-state index is 13.5. The first-order valence-electron chi connectivity index (χ1n) is 12.5. The number of benzene rings is 2. The van der Waals surface area contributed by atoms with Crippen LogP contribution in [0.25, 0.3) is 11.0 Å². The number of rotatable bonds is 2. The molecule has 182 valence electrons. The van der Waals surface area contributed by atoms with Gasteiger partial charge in [0.25, 0.3) is 5.91 Å². The molecule has 7 heteroatoms. The Morgan fingerprint density at radius 2 is 1.77 bits per heavy atom. The van der Waals surface area contributed by atoms with E-state index in [1.54, 1.807) is 4.90 Å². The maximum absolute atomic E-state index is 13.5. The van der Waals surface area contributed by atoms with Crippen LogP contribution in [0.15, 0.2) is 59.3 Å². The summed E-state index contributed by atoms with van der Waals surface area (Å²) in [4.78, 5) is 15.2. The van der Waals surface area contributed by atoms with Crippen LogP contribution < -0.4 is 10.6 Å². The quantitative estimate of drug-likeness (QED) is 0.418. The lowest BCUT2D eigenvalue weighted by atomic mass is 9.74. The Hall–Kier alpha value is -2.96. The minimum atomic E-state index is -0.911. The van der Waals surface area contributed by atoms with E-state index in [4.69, 9.17) is 16.0 Å². The molecule has 1 aromatic heterocycles. The van der Waals surface area contributed by atoms with Crippen LogP contribution in [-0.2, 0) is 11.1 Å². The van der Waals surface area contributed by atoms with E-state index in [0.717, 1.165) is 53.7 Å². The zero-order valence-electron chi connectivity index (χ0n) is 19.7. The number of fused-ring (bicyclic) bond motifs is 4. The first kappa shape index (κ1) is 22.5. The molecule has 6 nitrogen and oxygen atoms in total. The smallest absolute Gasteiger partial charge is 0.289 e. The number of anilines is 1. The van der Waals surface area contributed by atoms with Gasteiger partial charge in [-0.25, -0.2) is 0 Å². The largest absolute Gasteiger partial charge is 0.450 e. The van der Waals surface area contributed by atoms with Crippen molar-refractivity contribution < 1.29 is 14.3 Å². The SMILES string of the molecule is C=C1Nc2c(Cl)cc3cc(C(=O)N4CCC(O)(c5ccccc5)CC4)oc3c2C2(CCCCC2)N1. The van der Waals surface area contributed by atoms with Gasteiger partial charge < -0.3 is 25.1 Å². The van der Waals surface area contributed by atoms with E-state index in [2.05, 4.69) is 17.2 Å². The summed E-state index contributed by atoms with van der Waals surface area (Å²) >= 11 is 6.72. The van der Waals surface area contributed by atoms with Crippen LogP contribution >= 0.6 is 11.6 Å². The van der Waals surface area contributed by atoms with Crippen LogP contribution in [0.3, 0.4) is 0 Å². The number of hydrogen-bond acceptors (Lipinski definition) is 5. The number of hydrogen-bond donors (Lipinski definition) is 3. The fraction of sp³-hybridized carbons (Fsp3) is 0.393. The van der Waals surface area contributed by atoms with Crippen molar-refractivity contribution in [3.63, 3.8) is 0 Å². The average Bonchev–Trinajstić information content (AvgIpc) is 3.28. The predicted octanol–water partition coefficient (Wildman–Crippen LogP) is 5.86. The monoisotopic (exact) mass is 491 g/mol. The summed E-state index contributed by atoms with van der Waals surface area (Å²) in [5.41, 5.74) is 2.23. The van der Waals surface area contributed by atoms with Crippen LogP contribution in [0.2, 0.25) is 5.02 Å². The van der Waals surface area contributed by atoms with Crippen molar-refractivity contribution in [2.75, 3.05) is 18.4 Å². The van der Waals surface area contributed by atoms with Gasteiger partial charge >= 0.3 is 0 Å². The van der Waals surface area contributed by atoms with Crippen molar-refractivity contribution in [1.82, 2.24) is 10.2 Å². The molecule has 1 aliphatic carbocycles. The van der Waals surface area contributed by atoms with E-state index in [1.807, 2.05) is 42.5 Å². The fourth-order valence-electron chi connectivity index (χ4n) is 6.17. The predicted molar refractivity (Wildman–Crippen MR) is 137 cm³/mol. The van der Waals surface area contributed by atoms with Crippen LogP contribution in [-0.4, -0.2) is 29.0 Å². The molecule has 0 bridgehead atoms. The Kier molecular flexibility index (Phi) is 5.35. The van der Waals surface area contributed by atoms with Gasteiger partial charge in [0.15, 0.2) is 5.76 Å². The molecule has 1 saturated heterocycles. The third-order valence-electron chi connectivity index (χ3n) is 8.01. The van der Waals surface area contributed by atoms with Crippen molar-refractivity contribution in [1.29, 1.82) is 0 Å². The molecular weight excluding hydrogens is 462 g/mol. The molecule has 3 heterocycles. The van der Waals surface area contributed by atoms with Crippen LogP contribution in [0.5, 0.6) is 0 Å². The summed E-state index contributed by atoms with van der Waals surface area (Å²) < 4.78 is 6.31. The lowest BCUT2D eigenvalue weighted by Crippen LogP contribution is -2.48. The lowest BCUT2D eigenvalue weighted by molar-refractivity contribution is -0.0217. The van der Waals surface area contributed by atoms with Crippen LogP contribution in [0.1, 0.15) is 66.6 Å². The molecule has 0 atom stereocenters. The third-order valence-corrected chi connectivity index (χ3v) is 8.31. The summed E-state index contributed by atoms with van der Waals surface area (Å²) in [7, 11) is 0. The molecule has 0 radical (unpaired) electrons. The first-order valence-corrected chi connectivity index (χ1v) is 12.8. The zero-order chi connectivity index (χ0) is 24.2. The molecular formula is C28H30ClN3O3. The molecule has 3 aliphatic rings. The van der Waals surface area contributed by atoms with Gasteiger partial charge in [-0.1, -0.05) is 67.8 Å². The van der Waals surface area contributed by atoms with Gasteiger partial charge in [0.05, 0.1) is 27.7 Å². The number of nitrogens with one attached hydrogen (secondary N) is 2. The topological polar surface area (TPSA) is 77.7 Å². The van der Waals surface area contributed by atoms with Crippen molar-refractivity contribution in [3.8, 4) is 0 Å². The van der Waals surface area contributed by atoms with Gasteiger partial charge in [0.1, 0.15) is 5.58 Å². The number of carbonyl (C=O) groups is 1. The second-order valence-corrected chi connectivity index (χ2v) is 10.6. The summed E-state index contributed by atoms with van der Waals surface area (Å²) in [5.74, 6) is 0.896. The number of furan rings is 1. The number of nitrogens with zero attached hydrogens (tertiary/aromatic N) is 1. The minimum absolute atomic E-state index is 0.153. The van der Waals surface area contributed by atoms with Gasteiger partial charge in [0.2, 0.25) is 0 Å². The molecule has 1 saturated carbocycles. The number of likely N-dealkylation sites (tertiary alicyclic amines) is 1. The molecule has 35 heavy (non-hydrogen) atoms. The highest BCUT2D eigenvalue weighted by Crippen LogP contribution is 2.50. The summed E-state index contributed by atoms with van der Waals surface area (Å²) in [6, 6.07) is 13.4. The molecule has 6 rings (SSSR count). The second kappa shape index (κ2) is 8.32. The normalized spacial score (nSPS) is 20.9. The van der Waals surface area contributed by atoms with E-state index < -0.39 is 5.60 Å². The van der Waals surface area contributed by atoms with Gasteiger partial charge in [0, 0.05) is 24.0 Å². The average molecular weight is 492 g/mol. The standard InChI is InChI=1S/C28H30ClN3O3/c1-18-30-24-21(29)16-19-17-22(35-25(19)23(24)27(31-18)10-6-3-7-11-27)26(33)32-14-12-28(34,13-15-32)20-8-4-2-5-9-20/h2,4-5,8-9,16-17,30-31,34H,1,3,6-7,10-15H2. The van der Waals surface area contributed by atoms with Gasteiger partial charge in [-0.05, 0) is 43.4 Å². The van der Waals surface area contributed by atoms with Gasteiger partial charge in [-0.3, -0.25) is 4.79 Å². The Morgan fingerprint density at radius 1 is 1.06 bits per heavy atom. The highest BCUT2D eigenvalue weighted by molar-refractivity contribution is 6.34. The highest BCUT2D eigenvalue weighted by Gasteiger charge is 2.43. The minimum Gasteiger partial charge on any atom is -0.450 e. The van der Waals surface area contributed by atoms with Crippen molar-refractivity contribution in [2.24, 2.45) is 0 Å². The van der Waals surface area contributed by atoms with E-state index in [1.165, 1.54) is 6.42 Å². The molecule has 1 amide bonds. The Morgan fingerprint density at radius 3 is 2.49 bits per heavy atom. The van der Waals surface area contributed by atoms with Crippen LogP contribution in [0.4, 0.5) is 5.69 Å². The summed E-state index contributed by atoms with van der Waals surface area (Å²) in [6.07, 6.45) is 6.33. The molecule has 2 fully saturated rings. The van der Waals surface area contributed by atoms with Gasteiger partial charge in [-0.2, -0.15) is 0 Å². The van der Waals surface area contributed by atoms with Gasteiger partial charge in [-0.15, -0.1) is 0 Å². The number of piperidine rings is 1. The van der Waals surface area contributed by atoms with Crippen LogP contribution in [0, 0.1) is 0 Å². The molecule has 3 N–H and O–H groups in total. The fourth-order valence-corrected chi connectivity index (χ4v) is 6.43. The van der Waals surface area contributed by atoms with Crippen molar-refractivity contribution >= 4 is 34.2 Å². The Bertz CT molecular complexity index is 1300. The van der Waals surface area contributed by atoms with E-state index in [9.17, 15) is 9.90 Å². The number of carbonyl (C=O) groups excluding carboxylic acids is 1. The van der Waals surface area contributed by atoms with E-state index >= 15 is 0 Å². The van der Waals surface area contributed by atoms with Crippen molar-refractivity contribution in [3.05, 3.63) is 76.8 Å². The number of halogens is 1. The summed E-state index contributed by atoms with van der Waals surface area (Å²) in [5, 5.41) is 19.5. The van der Waals surface area contributed by atoms with Crippen molar-refractivity contribution in [2.45, 2.75) is 56.1 Å².